The Hall–Kier alpha value is -1.63. The van der Waals surface area contributed by atoms with Crippen molar-refractivity contribution in [3.63, 3.8) is 0 Å². The predicted molar refractivity (Wildman–Crippen MR) is 78.4 cm³/mol. The van der Waals surface area contributed by atoms with Crippen LogP contribution in [0.5, 0.6) is 0 Å². The molecule has 0 aliphatic rings. The molecule has 0 fully saturated rings. The third-order valence-corrected chi connectivity index (χ3v) is 4.16. The first kappa shape index (κ1) is 16.4. The van der Waals surface area contributed by atoms with Gasteiger partial charge in [-0.05, 0) is 32.4 Å². The van der Waals surface area contributed by atoms with Gasteiger partial charge in [-0.2, -0.15) is 0 Å². The number of hydrogen-bond donors (Lipinski definition) is 1. The Balaban J connectivity index is 3.09. The van der Waals surface area contributed by atoms with Crippen LogP contribution in [-0.2, 0) is 21.4 Å². The number of nitrogens with zero attached hydrogens (tertiary/aromatic N) is 1. The van der Waals surface area contributed by atoms with Gasteiger partial charge in [-0.25, -0.2) is 8.42 Å². The second kappa shape index (κ2) is 6.69. The average molecular weight is 300 g/mol. The van der Waals surface area contributed by atoms with E-state index in [1.165, 1.54) is 17.6 Å². The lowest BCUT2D eigenvalue weighted by atomic mass is 10.3. The lowest BCUT2D eigenvalue weighted by Gasteiger charge is -2.12. The Bertz CT molecular complexity index is 647. The number of anilines is 1. The maximum atomic E-state index is 12.2. The molecule has 0 atom stereocenters. The Morgan fingerprint density at radius 2 is 2.00 bits per heavy atom. The zero-order valence-electron chi connectivity index (χ0n) is 12.0. The van der Waals surface area contributed by atoms with Crippen LogP contribution in [0.1, 0.15) is 32.4 Å². The summed E-state index contributed by atoms with van der Waals surface area (Å²) in [5.74, 6) is -0.190. The molecule has 0 amide bonds. The Labute approximate surface area is 118 Å². The number of Topliss-reactive ketones (excluding diaryl/α,β-unsaturated/α-hetero) is 1. The molecular formula is C13H20N2O4S. The smallest absolute Gasteiger partial charge is 0.275 e. The van der Waals surface area contributed by atoms with Gasteiger partial charge in [0.1, 0.15) is 11.5 Å². The molecule has 0 radical (unpaired) electrons. The molecule has 1 aromatic heterocycles. The molecule has 0 aromatic carbocycles. The van der Waals surface area contributed by atoms with Crippen LogP contribution in [0.15, 0.2) is 16.9 Å². The zero-order valence-corrected chi connectivity index (χ0v) is 12.8. The number of carbonyl (C=O) groups excluding carboxylic acids is 1. The van der Waals surface area contributed by atoms with Crippen LogP contribution in [0.3, 0.4) is 0 Å². The highest BCUT2D eigenvalue weighted by Crippen LogP contribution is 2.07. The fourth-order valence-corrected chi connectivity index (χ4v) is 2.98. The van der Waals surface area contributed by atoms with Gasteiger partial charge < -0.3 is 4.57 Å². The number of carbonyl (C=O) groups is 1. The van der Waals surface area contributed by atoms with E-state index < -0.39 is 15.6 Å². The van der Waals surface area contributed by atoms with Crippen molar-refractivity contribution in [2.45, 2.75) is 40.2 Å². The molecule has 0 saturated carbocycles. The van der Waals surface area contributed by atoms with Crippen LogP contribution in [0.2, 0.25) is 0 Å². The number of ketones is 1. The van der Waals surface area contributed by atoms with Crippen LogP contribution < -0.4 is 10.3 Å². The SMILES string of the molecule is CCCCS(=O)(=O)Nc1ccc(C)n(CC(C)=O)c1=O. The number of aryl methyl sites for hydroxylation is 1. The van der Waals surface area contributed by atoms with E-state index in [1.807, 2.05) is 6.92 Å². The van der Waals surface area contributed by atoms with E-state index in [9.17, 15) is 18.0 Å². The van der Waals surface area contributed by atoms with Crippen molar-refractivity contribution in [1.29, 1.82) is 0 Å². The molecule has 112 valence electrons. The fourth-order valence-electron chi connectivity index (χ4n) is 1.72. The summed E-state index contributed by atoms with van der Waals surface area (Å²) >= 11 is 0. The van der Waals surface area contributed by atoms with Gasteiger partial charge in [0.25, 0.3) is 5.56 Å². The third kappa shape index (κ3) is 4.48. The number of nitrogens with one attached hydrogen (secondary N) is 1. The monoisotopic (exact) mass is 300 g/mol. The van der Waals surface area contributed by atoms with Gasteiger partial charge in [0.05, 0.1) is 12.3 Å². The molecule has 1 aromatic rings. The molecular weight excluding hydrogens is 280 g/mol. The molecule has 6 nitrogen and oxygen atoms in total. The van der Waals surface area contributed by atoms with E-state index in [4.69, 9.17) is 0 Å². The fraction of sp³-hybridized carbons (Fsp3) is 0.538. The summed E-state index contributed by atoms with van der Waals surface area (Å²) in [6.45, 7) is 4.90. The standard InChI is InChI=1S/C13H20N2O4S/c1-4-5-8-20(18,19)14-12-7-6-10(2)15(13(12)17)9-11(3)16/h6-7,14H,4-5,8-9H2,1-3H3. The summed E-state index contributed by atoms with van der Waals surface area (Å²) in [4.78, 5) is 23.3. The van der Waals surface area contributed by atoms with E-state index >= 15 is 0 Å². The number of unbranched alkanes of at least 4 members (excludes halogenated alkanes) is 1. The maximum absolute atomic E-state index is 12.2. The minimum atomic E-state index is -3.53. The minimum absolute atomic E-state index is 0.0204. The quantitative estimate of drug-likeness (QED) is 0.822. The van der Waals surface area contributed by atoms with Crippen LogP contribution in [0, 0.1) is 6.92 Å². The third-order valence-electron chi connectivity index (χ3n) is 2.81. The number of aromatic nitrogens is 1. The molecule has 0 aliphatic heterocycles. The lowest BCUT2D eigenvalue weighted by Crippen LogP contribution is -2.29. The van der Waals surface area contributed by atoms with Gasteiger partial charge in [-0.3, -0.25) is 14.3 Å². The number of rotatable bonds is 7. The largest absolute Gasteiger partial charge is 0.304 e. The number of sulfonamides is 1. The summed E-state index contributed by atoms with van der Waals surface area (Å²) < 4.78 is 27.2. The van der Waals surface area contributed by atoms with Crippen LogP contribution in [0.4, 0.5) is 5.69 Å². The van der Waals surface area contributed by atoms with Gasteiger partial charge in [0.15, 0.2) is 0 Å². The molecule has 20 heavy (non-hydrogen) atoms. The maximum Gasteiger partial charge on any atom is 0.275 e. The highest BCUT2D eigenvalue weighted by Gasteiger charge is 2.14. The van der Waals surface area contributed by atoms with Gasteiger partial charge in [0.2, 0.25) is 10.0 Å². The first-order valence-electron chi connectivity index (χ1n) is 6.47. The summed E-state index contributed by atoms with van der Waals surface area (Å²) in [7, 11) is -3.53. The Morgan fingerprint density at radius 3 is 2.55 bits per heavy atom. The lowest BCUT2D eigenvalue weighted by molar-refractivity contribution is -0.117. The highest BCUT2D eigenvalue weighted by molar-refractivity contribution is 7.92. The minimum Gasteiger partial charge on any atom is -0.304 e. The molecule has 0 spiro atoms. The highest BCUT2D eigenvalue weighted by atomic mass is 32.2. The molecule has 0 unspecified atom stereocenters. The van der Waals surface area contributed by atoms with E-state index in [-0.39, 0.29) is 23.8 Å². The second-order valence-electron chi connectivity index (χ2n) is 4.76. The number of pyridine rings is 1. The molecule has 0 aliphatic carbocycles. The van der Waals surface area contributed by atoms with Crippen LogP contribution >= 0.6 is 0 Å². The molecule has 1 heterocycles. The molecule has 7 heteroatoms. The van der Waals surface area contributed by atoms with Crippen LogP contribution in [-0.4, -0.2) is 24.5 Å². The average Bonchev–Trinajstić information content (AvgIpc) is 2.35. The summed E-state index contributed by atoms with van der Waals surface area (Å²) in [5, 5.41) is 0. The van der Waals surface area contributed by atoms with E-state index in [0.29, 0.717) is 12.1 Å². The van der Waals surface area contributed by atoms with E-state index in [0.717, 1.165) is 6.42 Å². The van der Waals surface area contributed by atoms with Gasteiger partial charge in [-0.1, -0.05) is 13.3 Å². The first-order chi connectivity index (χ1) is 9.26. The predicted octanol–water partition coefficient (Wildman–Crippen LogP) is 1.29. The Kier molecular flexibility index (Phi) is 5.50. The molecule has 1 rings (SSSR count). The van der Waals surface area contributed by atoms with Crippen molar-refractivity contribution in [3.8, 4) is 0 Å². The molecule has 1 N–H and O–H groups in total. The second-order valence-corrected chi connectivity index (χ2v) is 6.60. The summed E-state index contributed by atoms with van der Waals surface area (Å²) in [5.41, 5.74) is 0.0925. The first-order valence-corrected chi connectivity index (χ1v) is 8.12. The zero-order chi connectivity index (χ0) is 15.3. The normalized spacial score (nSPS) is 11.3. The van der Waals surface area contributed by atoms with Crippen molar-refractivity contribution in [3.05, 3.63) is 28.2 Å². The van der Waals surface area contributed by atoms with Gasteiger partial charge in [-0.15, -0.1) is 0 Å². The van der Waals surface area contributed by atoms with E-state index in [2.05, 4.69) is 4.72 Å². The van der Waals surface area contributed by atoms with Crippen molar-refractivity contribution in [2.24, 2.45) is 0 Å². The summed E-state index contributed by atoms with van der Waals surface area (Å²) in [6, 6.07) is 3.04. The van der Waals surface area contributed by atoms with Crippen molar-refractivity contribution >= 4 is 21.5 Å². The van der Waals surface area contributed by atoms with Gasteiger partial charge >= 0.3 is 0 Å². The van der Waals surface area contributed by atoms with Gasteiger partial charge in [0, 0.05) is 5.69 Å². The molecule has 0 bridgehead atoms. The van der Waals surface area contributed by atoms with E-state index in [1.54, 1.807) is 13.0 Å². The number of hydrogen-bond acceptors (Lipinski definition) is 4. The van der Waals surface area contributed by atoms with Crippen molar-refractivity contribution < 1.29 is 13.2 Å². The van der Waals surface area contributed by atoms with Crippen molar-refractivity contribution in [1.82, 2.24) is 4.57 Å². The topological polar surface area (TPSA) is 85.2 Å². The van der Waals surface area contributed by atoms with Crippen LogP contribution in [0.25, 0.3) is 0 Å². The van der Waals surface area contributed by atoms with Crippen molar-refractivity contribution in [2.75, 3.05) is 10.5 Å². The Morgan fingerprint density at radius 1 is 1.35 bits per heavy atom. The molecule has 0 saturated heterocycles. The summed E-state index contributed by atoms with van der Waals surface area (Å²) in [6.07, 6.45) is 1.28.